The van der Waals surface area contributed by atoms with Gasteiger partial charge in [-0.1, -0.05) is 41.9 Å². The Morgan fingerprint density at radius 1 is 1.11 bits per heavy atom. The van der Waals surface area contributed by atoms with Crippen LogP contribution in [0.2, 0.25) is 5.02 Å². The van der Waals surface area contributed by atoms with E-state index >= 15 is 0 Å². The van der Waals surface area contributed by atoms with Gasteiger partial charge in [0.15, 0.2) is 0 Å². The van der Waals surface area contributed by atoms with E-state index in [0.29, 0.717) is 30.9 Å². The van der Waals surface area contributed by atoms with Gasteiger partial charge in [0.25, 0.3) is 5.56 Å². The Morgan fingerprint density at radius 3 is 2.63 bits per heavy atom. The summed E-state index contributed by atoms with van der Waals surface area (Å²) in [4.78, 5) is 21.8. The molecule has 27 heavy (non-hydrogen) atoms. The fourth-order valence-corrected chi connectivity index (χ4v) is 3.50. The molecule has 0 atom stereocenters. The van der Waals surface area contributed by atoms with E-state index in [9.17, 15) is 13.6 Å². The Kier molecular flexibility index (Phi) is 4.76. The Morgan fingerprint density at radius 2 is 1.85 bits per heavy atom. The molecule has 0 aliphatic carbocycles. The molecule has 0 bridgehead atoms. The number of nitrogens with zero attached hydrogens (tertiary/aromatic N) is 2. The zero-order valence-corrected chi connectivity index (χ0v) is 15.1. The molecule has 3 aromatic rings. The molecular formula is C20H16ClF2N3O. The Bertz CT molecular complexity index is 1050. The van der Waals surface area contributed by atoms with Crippen LogP contribution in [0.3, 0.4) is 0 Å². The summed E-state index contributed by atoms with van der Waals surface area (Å²) in [6.45, 7) is 1.00. The van der Waals surface area contributed by atoms with Crippen molar-refractivity contribution in [2.24, 2.45) is 0 Å². The summed E-state index contributed by atoms with van der Waals surface area (Å²) < 4.78 is 27.7. The van der Waals surface area contributed by atoms with Crippen LogP contribution >= 0.6 is 11.6 Å². The van der Waals surface area contributed by atoms with Gasteiger partial charge in [-0.2, -0.15) is 0 Å². The topological polar surface area (TPSA) is 49.0 Å². The van der Waals surface area contributed by atoms with Crippen LogP contribution in [-0.4, -0.2) is 21.4 Å². The average molecular weight is 388 g/mol. The highest BCUT2D eigenvalue weighted by Crippen LogP contribution is 2.26. The molecule has 7 heteroatoms. The molecule has 0 saturated heterocycles. The molecule has 4 nitrogen and oxygen atoms in total. The number of hydrogen-bond acceptors (Lipinski definition) is 3. The van der Waals surface area contributed by atoms with E-state index in [4.69, 9.17) is 11.6 Å². The second-order valence-electron chi connectivity index (χ2n) is 6.49. The van der Waals surface area contributed by atoms with Crippen molar-refractivity contribution in [3.05, 3.63) is 86.3 Å². The minimum absolute atomic E-state index is 0.102. The lowest BCUT2D eigenvalue weighted by Crippen LogP contribution is -2.35. The molecule has 138 valence electrons. The fraction of sp³-hybridized carbons (Fsp3) is 0.200. The third kappa shape index (κ3) is 3.50. The maximum absolute atomic E-state index is 14.0. The van der Waals surface area contributed by atoms with Gasteiger partial charge < -0.3 is 4.98 Å². The van der Waals surface area contributed by atoms with Gasteiger partial charge >= 0.3 is 0 Å². The lowest BCUT2D eigenvalue weighted by molar-refractivity contribution is 0.238. The van der Waals surface area contributed by atoms with E-state index < -0.39 is 11.6 Å². The highest BCUT2D eigenvalue weighted by Gasteiger charge is 2.23. The van der Waals surface area contributed by atoms with Gasteiger partial charge in [-0.25, -0.2) is 13.8 Å². The monoisotopic (exact) mass is 387 g/mol. The molecule has 0 fully saturated rings. The molecule has 1 N–H and O–H groups in total. The number of nitrogens with one attached hydrogen (secondary N) is 1. The predicted octanol–water partition coefficient (Wildman–Crippen LogP) is 3.93. The van der Waals surface area contributed by atoms with Crippen LogP contribution in [0.1, 0.15) is 16.8 Å². The molecule has 1 aliphatic heterocycles. The quantitative estimate of drug-likeness (QED) is 0.693. The number of hydrogen-bond donors (Lipinski definition) is 1. The first kappa shape index (κ1) is 17.8. The van der Waals surface area contributed by atoms with E-state index in [2.05, 4.69) is 9.97 Å². The maximum Gasteiger partial charge on any atom is 0.255 e. The SMILES string of the molecule is O=c1[nH]c(-c2ccccc2)nc2c1CN(Cc1c(F)ccc(F)c1Cl)CC2. The van der Waals surface area contributed by atoms with Crippen LogP contribution < -0.4 is 5.56 Å². The molecule has 2 aromatic carbocycles. The normalized spacial score (nSPS) is 14.2. The maximum atomic E-state index is 14.0. The van der Waals surface area contributed by atoms with Gasteiger partial charge in [-0.05, 0) is 12.1 Å². The van der Waals surface area contributed by atoms with E-state index in [1.165, 1.54) is 0 Å². The number of fused-ring (bicyclic) bond motifs is 1. The van der Waals surface area contributed by atoms with Crippen molar-refractivity contribution < 1.29 is 8.78 Å². The Hall–Kier alpha value is -2.57. The van der Waals surface area contributed by atoms with Crippen LogP contribution in [0.15, 0.2) is 47.3 Å². The summed E-state index contributed by atoms with van der Waals surface area (Å²) in [6, 6.07) is 11.5. The summed E-state index contributed by atoms with van der Waals surface area (Å²) in [5.41, 5.74) is 2.02. The summed E-state index contributed by atoms with van der Waals surface area (Å²) in [5.74, 6) is -0.678. The Balaban J connectivity index is 1.61. The smallest absolute Gasteiger partial charge is 0.255 e. The van der Waals surface area contributed by atoms with E-state index in [1.807, 2.05) is 35.2 Å². The van der Waals surface area contributed by atoms with Crippen molar-refractivity contribution in [3.8, 4) is 11.4 Å². The molecule has 2 heterocycles. The van der Waals surface area contributed by atoms with Crippen molar-refractivity contribution in [3.63, 3.8) is 0 Å². The molecule has 0 saturated carbocycles. The highest BCUT2D eigenvalue weighted by atomic mass is 35.5. The number of benzene rings is 2. The summed E-state index contributed by atoms with van der Waals surface area (Å²) in [7, 11) is 0. The van der Waals surface area contributed by atoms with Gasteiger partial charge in [0.2, 0.25) is 0 Å². The van der Waals surface area contributed by atoms with E-state index in [0.717, 1.165) is 23.4 Å². The zero-order valence-electron chi connectivity index (χ0n) is 14.3. The minimum Gasteiger partial charge on any atom is -0.306 e. The predicted molar refractivity (Wildman–Crippen MR) is 99.5 cm³/mol. The lowest BCUT2D eigenvalue weighted by Gasteiger charge is -2.28. The first-order chi connectivity index (χ1) is 13.0. The highest BCUT2D eigenvalue weighted by molar-refractivity contribution is 6.31. The number of aromatic nitrogens is 2. The number of H-pyrrole nitrogens is 1. The third-order valence-electron chi connectivity index (χ3n) is 4.72. The standard InChI is InChI=1S/C20H16ClF2N3O/c21-18-13(15(22)6-7-16(18)23)10-26-9-8-17-14(11-26)20(27)25-19(24-17)12-4-2-1-3-5-12/h1-7H,8-11H2,(H,24,25,27). The second-order valence-corrected chi connectivity index (χ2v) is 6.87. The van der Waals surface area contributed by atoms with Crippen molar-refractivity contribution in [2.75, 3.05) is 6.54 Å². The minimum atomic E-state index is -0.655. The van der Waals surface area contributed by atoms with Gasteiger partial charge in [-0.15, -0.1) is 0 Å². The third-order valence-corrected chi connectivity index (χ3v) is 5.12. The molecule has 0 amide bonds. The van der Waals surface area contributed by atoms with Crippen LogP contribution in [0.4, 0.5) is 8.78 Å². The van der Waals surface area contributed by atoms with Gasteiger partial charge in [0.1, 0.15) is 17.5 Å². The average Bonchev–Trinajstić information content (AvgIpc) is 2.69. The van der Waals surface area contributed by atoms with Crippen LogP contribution in [0.5, 0.6) is 0 Å². The first-order valence-corrected chi connectivity index (χ1v) is 8.93. The van der Waals surface area contributed by atoms with Crippen molar-refractivity contribution in [2.45, 2.75) is 19.5 Å². The molecule has 1 aromatic heterocycles. The summed E-state index contributed by atoms with van der Waals surface area (Å²) >= 11 is 5.92. The van der Waals surface area contributed by atoms with Crippen molar-refractivity contribution in [1.82, 2.24) is 14.9 Å². The lowest BCUT2D eigenvalue weighted by atomic mass is 10.0. The van der Waals surface area contributed by atoms with Gasteiger partial charge in [0, 0.05) is 37.2 Å². The van der Waals surface area contributed by atoms with E-state index in [-0.39, 0.29) is 22.7 Å². The number of aromatic amines is 1. The van der Waals surface area contributed by atoms with Crippen molar-refractivity contribution >= 4 is 11.6 Å². The van der Waals surface area contributed by atoms with Gasteiger partial charge in [0.05, 0.1) is 16.3 Å². The van der Waals surface area contributed by atoms with Crippen LogP contribution in [0, 0.1) is 11.6 Å². The Labute approximate surface area is 159 Å². The largest absolute Gasteiger partial charge is 0.306 e. The van der Waals surface area contributed by atoms with Crippen molar-refractivity contribution in [1.29, 1.82) is 0 Å². The molecule has 4 rings (SSSR count). The van der Waals surface area contributed by atoms with E-state index in [1.54, 1.807) is 0 Å². The fourth-order valence-electron chi connectivity index (χ4n) is 3.29. The molecule has 1 aliphatic rings. The summed E-state index contributed by atoms with van der Waals surface area (Å²) in [5, 5.41) is -0.216. The van der Waals surface area contributed by atoms with Crippen LogP contribution in [0.25, 0.3) is 11.4 Å². The summed E-state index contributed by atoms with van der Waals surface area (Å²) in [6.07, 6.45) is 0.549. The zero-order chi connectivity index (χ0) is 19.0. The van der Waals surface area contributed by atoms with Crippen LogP contribution in [-0.2, 0) is 19.5 Å². The first-order valence-electron chi connectivity index (χ1n) is 8.55. The number of rotatable bonds is 3. The van der Waals surface area contributed by atoms with Gasteiger partial charge in [-0.3, -0.25) is 9.69 Å². The second kappa shape index (κ2) is 7.21. The molecule has 0 radical (unpaired) electrons. The molecule has 0 spiro atoms. The molecule has 0 unspecified atom stereocenters. The number of halogens is 3. The molecular weight excluding hydrogens is 372 g/mol.